The summed E-state index contributed by atoms with van der Waals surface area (Å²) in [6.07, 6.45) is 1.52. The Balaban J connectivity index is 2.91. The van der Waals surface area contributed by atoms with E-state index in [2.05, 4.69) is 20.9 Å². The summed E-state index contributed by atoms with van der Waals surface area (Å²) in [6, 6.07) is 2.94. The maximum atomic E-state index is 13.2. The molecule has 0 atom stereocenters. The van der Waals surface area contributed by atoms with Crippen LogP contribution in [0.1, 0.15) is 0 Å². The standard InChI is InChI=1S/C9H5BrClFN2/c10-8-6(12)1-4-2-7(13)14-3-5(4)9(8)11/h1-3H,(H2,13,14). The number of anilines is 1. The second kappa shape index (κ2) is 3.37. The van der Waals surface area contributed by atoms with Crippen LogP contribution in [0.5, 0.6) is 0 Å². The van der Waals surface area contributed by atoms with Crippen LogP contribution in [0.3, 0.4) is 0 Å². The van der Waals surface area contributed by atoms with Crippen molar-refractivity contribution in [1.29, 1.82) is 0 Å². The molecule has 0 unspecified atom stereocenters. The quantitative estimate of drug-likeness (QED) is 0.749. The van der Waals surface area contributed by atoms with Crippen molar-refractivity contribution >= 4 is 44.1 Å². The molecule has 0 spiro atoms. The summed E-state index contributed by atoms with van der Waals surface area (Å²) in [6.45, 7) is 0. The number of aromatic nitrogens is 1. The summed E-state index contributed by atoms with van der Waals surface area (Å²) in [4.78, 5) is 3.89. The average molecular weight is 276 g/mol. The molecule has 0 saturated carbocycles. The van der Waals surface area contributed by atoms with E-state index in [1.54, 1.807) is 6.07 Å². The fourth-order valence-electron chi connectivity index (χ4n) is 1.21. The van der Waals surface area contributed by atoms with Crippen molar-refractivity contribution in [3.05, 3.63) is 33.6 Å². The lowest BCUT2D eigenvalue weighted by molar-refractivity contribution is 0.623. The SMILES string of the molecule is Nc1cc2cc(F)c(Br)c(Cl)c2cn1. The normalized spacial score (nSPS) is 10.8. The lowest BCUT2D eigenvalue weighted by atomic mass is 10.2. The first-order valence-corrected chi connectivity index (χ1v) is 4.95. The molecule has 1 aromatic heterocycles. The van der Waals surface area contributed by atoms with E-state index < -0.39 is 5.82 Å². The maximum Gasteiger partial charge on any atom is 0.139 e. The second-order valence-electron chi connectivity index (χ2n) is 2.82. The molecular weight excluding hydrogens is 270 g/mol. The summed E-state index contributed by atoms with van der Waals surface area (Å²) < 4.78 is 13.5. The number of halogens is 3. The second-order valence-corrected chi connectivity index (χ2v) is 3.99. The van der Waals surface area contributed by atoms with Gasteiger partial charge in [-0.2, -0.15) is 0 Å². The fourth-order valence-corrected chi connectivity index (χ4v) is 1.79. The van der Waals surface area contributed by atoms with Gasteiger partial charge in [0, 0.05) is 11.6 Å². The van der Waals surface area contributed by atoms with E-state index in [1.807, 2.05) is 0 Å². The van der Waals surface area contributed by atoms with Gasteiger partial charge < -0.3 is 5.73 Å². The Labute approximate surface area is 93.0 Å². The van der Waals surface area contributed by atoms with Gasteiger partial charge in [0.05, 0.1) is 9.50 Å². The number of benzene rings is 1. The van der Waals surface area contributed by atoms with Crippen LogP contribution in [0.2, 0.25) is 5.02 Å². The Morgan fingerprint density at radius 2 is 2.14 bits per heavy atom. The van der Waals surface area contributed by atoms with Crippen LogP contribution >= 0.6 is 27.5 Å². The topological polar surface area (TPSA) is 38.9 Å². The molecule has 0 amide bonds. The monoisotopic (exact) mass is 274 g/mol. The van der Waals surface area contributed by atoms with Gasteiger partial charge in [0.15, 0.2) is 0 Å². The highest BCUT2D eigenvalue weighted by molar-refractivity contribution is 9.10. The van der Waals surface area contributed by atoms with E-state index >= 15 is 0 Å². The number of hydrogen-bond donors (Lipinski definition) is 1. The molecular formula is C9H5BrClFN2. The molecule has 5 heteroatoms. The van der Waals surface area contributed by atoms with Crippen molar-refractivity contribution in [3.8, 4) is 0 Å². The molecule has 2 rings (SSSR count). The predicted octanol–water partition coefficient (Wildman–Crippen LogP) is 3.37. The summed E-state index contributed by atoms with van der Waals surface area (Å²) >= 11 is 8.97. The Morgan fingerprint density at radius 3 is 2.86 bits per heavy atom. The fraction of sp³-hybridized carbons (Fsp3) is 0. The predicted molar refractivity (Wildman–Crippen MR) is 58.8 cm³/mol. The minimum atomic E-state index is -0.409. The van der Waals surface area contributed by atoms with Gasteiger partial charge in [0.2, 0.25) is 0 Å². The van der Waals surface area contributed by atoms with Gasteiger partial charge in [-0.15, -0.1) is 0 Å². The molecule has 0 aliphatic carbocycles. The molecule has 2 nitrogen and oxygen atoms in total. The molecule has 1 heterocycles. The van der Waals surface area contributed by atoms with Gasteiger partial charge in [0.25, 0.3) is 0 Å². The van der Waals surface area contributed by atoms with Crippen LogP contribution in [0, 0.1) is 5.82 Å². The first-order chi connectivity index (χ1) is 6.59. The van der Waals surface area contributed by atoms with E-state index in [9.17, 15) is 4.39 Å². The van der Waals surface area contributed by atoms with E-state index in [4.69, 9.17) is 17.3 Å². The number of hydrogen-bond acceptors (Lipinski definition) is 2. The Bertz CT molecular complexity index is 516. The lowest BCUT2D eigenvalue weighted by Gasteiger charge is -2.04. The molecule has 0 bridgehead atoms. The number of fused-ring (bicyclic) bond motifs is 1. The molecule has 0 aliphatic rings. The Morgan fingerprint density at radius 1 is 1.43 bits per heavy atom. The molecule has 0 radical (unpaired) electrons. The van der Waals surface area contributed by atoms with Gasteiger partial charge in [-0.05, 0) is 33.4 Å². The summed E-state index contributed by atoms with van der Waals surface area (Å²) in [7, 11) is 0. The third-order valence-corrected chi connectivity index (χ3v) is 3.27. The van der Waals surface area contributed by atoms with Crippen LogP contribution in [0.15, 0.2) is 22.8 Å². The van der Waals surface area contributed by atoms with Gasteiger partial charge in [-0.25, -0.2) is 9.37 Å². The largest absolute Gasteiger partial charge is 0.384 e. The maximum absolute atomic E-state index is 13.2. The Hall–Kier alpha value is -0.870. The summed E-state index contributed by atoms with van der Waals surface area (Å²) in [5.74, 6) is -0.0663. The van der Waals surface area contributed by atoms with Gasteiger partial charge in [0.1, 0.15) is 11.6 Å². The van der Waals surface area contributed by atoms with Crippen molar-refractivity contribution in [2.24, 2.45) is 0 Å². The van der Waals surface area contributed by atoms with E-state index in [-0.39, 0.29) is 4.47 Å². The van der Waals surface area contributed by atoms with Crippen molar-refractivity contribution in [2.75, 3.05) is 5.73 Å². The van der Waals surface area contributed by atoms with Gasteiger partial charge >= 0.3 is 0 Å². The number of rotatable bonds is 0. The highest BCUT2D eigenvalue weighted by Crippen LogP contribution is 2.33. The van der Waals surface area contributed by atoms with Crippen LogP contribution in [-0.4, -0.2) is 4.98 Å². The van der Waals surface area contributed by atoms with Crippen molar-refractivity contribution in [2.45, 2.75) is 0 Å². The highest BCUT2D eigenvalue weighted by Gasteiger charge is 2.09. The first kappa shape index (κ1) is 9.68. The van der Waals surface area contributed by atoms with E-state index in [0.29, 0.717) is 21.6 Å². The number of nitrogens with zero attached hydrogens (tertiary/aromatic N) is 1. The van der Waals surface area contributed by atoms with Crippen molar-refractivity contribution < 1.29 is 4.39 Å². The van der Waals surface area contributed by atoms with Gasteiger partial charge in [-0.3, -0.25) is 0 Å². The first-order valence-electron chi connectivity index (χ1n) is 3.78. The van der Waals surface area contributed by atoms with E-state index in [0.717, 1.165) is 0 Å². The van der Waals surface area contributed by atoms with Gasteiger partial charge in [-0.1, -0.05) is 11.6 Å². The minimum absolute atomic E-state index is 0.248. The molecule has 1 aromatic carbocycles. The van der Waals surface area contributed by atoms with Crippen LogP contribution in [0.25, 0.3) is 10.8 Å². The molecule has 72 valence electrons. The third kappa shape index (κ3) is 1.44. The zero-order valence-electron chi connectivity index (χ0n) is 6.89. The van der Waals surface area contributed by atoms with E-state index in [1.165, 1.54) is 12.3 Å². The van der Waals surface area contributed by atoms with Crippen molar-refractivity contribution in [3.63, 3.8) is 0 Å². The zero-order chi connectivity index (χ0) is 10.3. The average Bonchev–Trinajstić information content (AvgIpc) is 2.14. The molecule has 0 fully saturated rings. The number of nitrogen functional groups attached to an aromatic ring is 1. The smallest absolute Gasteiger partial charge is 0.139 e. The van der Waals surface area contributed by atoms with Crippen LogP contribution in [0.4, 0.5) is 10.2 Å². The molecule has 0 saturated heterocycles. The number of nitrogens with two attached hydrogens (primary N) is 1. The molecule has 14 heavy (non-hydrogen) atoms. The zero-order valence-corrected chi connectivity index (χ0v) is 9.23. The van der Waals surface area contributed by atoms with Crippen LogP contribution < -0.4 is 5.73 Å². The Kier molecular flexibility index (Phi) is 2.33. The van der Waals surface area contributed by atoms with Crippen LogP contribution in [-0.2, 0) is 0 Å². The number of pyridine rings is 1. The third-order valence-electron chi connectivity index (χ3n) is 1.88. The minimum Gasteiger partial charge on any atom is -0.384 e. The summed E-state index contributed by atoms with van der Waals surface area (Å²) in [5.41, 5.74) is 5.47. The molecule has 2 N–H and O–H groups in total. The highest BCUT2D eigenvalue weighted by atomic mass is 79.9. The lowest BCUT2D eigenvalue weighted by Crippen LogP contribution is -1.90. The molecule has 2 aromatic rings. The molecule has 0 aliphatic heterocycles. The van der Waals surface area contributed by atoms with Crippen molar-refractivity contribution in [1.82, 2.24) is 4.98 Å². The summed E-state index contributed by atoms with van der Waals surface area (Å²) in [5, 5.41) is 1.63.